The Balaban J connectivity index is 0. The van der Waals surface area contributed by atoms with E-state index in [9.17, 15) is 19.8 Å². The third kappa shape index (κ3) is 8.43. The van der Waals surface area contributed by atoms with E-state index in [0.29, 0.717) is 0 Å². The number of aromatic hydroxyl groups is 2. The quantitative estimate of drug-likeness (QED) is 0.531. The van der Waals surface area contributed by atoms with Crippen molar-refractivity contribution in [3.63, 3.8) is 0 Å². The number of carbonyl (C=O) groups is 2. The predicted molar refractivity (Wildman–Crippen MR) is 64.9 cm³/mol. The van der Waals surface area contributed by atoms with E-state index in [1.54, 1.807) is 0 Å². The van der Waals surface area contributed by atoms with Gasteiger partial charge in [0.05, 0.1) is 11.9 Å². The van der Waals surface area contributed by atoms with Crippen molar-refractivity contribution < 1.29 is 89.1 Å². The Hall–Kier alpha value is -1.02. The van der Waals surface area contributed by atoms with E-state index in [1.165, 1.54) is 36.4 Å². The van der Waals surface area contributed by atoms with Crippen LogP contribution in [-0.2, 0) is 0 Å². The zero-order chi connectivity index (χ0) is 15.1. The summed E-state index contributed by atoms with van der Waals surface area (Å²) in [5.74, 6) is -2.70. The summed E-state index contributed by atoms with van der Waals surface area (Å²) in [6.45, 7) is 0. The van der Waals surface area contributed by atoms with Crippen molar-refractivity contribution >= 4 is 11.9 Å². The molecular formula is C14H10Na2O6. The number of phenolic OH excluding ortho intramolecular Hbond substituents is 2. The second-order valence-electron chi connectivity index (χ2n) is 3.68. The van der Waals surface area contributed by atoms with Gasteiger partial charge in [0.15, 0.2) is 0 Å². The SMILES string of the molecule is O=C([O-])c1cccc(O)c1.O=C([O-])c1cccc(O)c1.[Na+].[Na+]. The third-order valence-corrected chi connectivity index (χ3v) is 2.16. The molecule has 0 aliphatic heterocycles. The molecule has 2 rings (SSSR count). The fourth-order valence-corrected chi connectivity index (χ4v) is 1.27. The van der Waals surface area contributed by atoms with E-state index in [4.69, 9.17) is 10.2 Å². The summed E-state index contributed by atoms with van der Waals surface area (Å²) in [6.07, 6.45) is 0. The Morgan fingerprint density at radius 2 is 1.05 bits per heavy atom. The van der Waals surface area contributed by atoms with Gasteiger partial charge in [-0.1, -0.05) is 24.3 Å². The minimum atomic E-state index is -1.28. The molecule has 0 saturated carbocycles. The normalized spacial score (nSPS) is 8.36. The number of aromatic carboxylic acids is 2. The van der Waals surface area contributed by atoms with Gasteiger partial charge in [-0.3, -0.25) is 0 Å². The number of hydrogen-bond acceptors (Lipinski definition) is 6. The monoisotopic (exact) mass is 320 g/mol. The van der Waals surface area contributed by atoms with Crippen LogP contribution in [0.4, 0.5) is 0 Å². The third-order valence-electron chi connectivity index (χ3n) is 2.16. The summed E-state index contributed by atoms with van der Waals surface area (Å²) in [6, 6.07) is 10.7. The zero-order valence-corrected chi connectivity index (χ0v) is 16.1. The van der Waals surface area contributed by atoms with E-state index >= 15 is 0 Å². The fourth-order valence-electron chi connectivity index (χ4n) is 1.27. The molecule has 0 bridgehead atoms. The molecule has 0 saturated heterocycles. The van der Waals surface area contributed by atoms with Gasteiger partial charge in [-0.05, 0) is 24.3 Å². The van der Waals surface area contributed by atoms with Gasteiger partial charge >= 0.3 is 59.1 Å². The number of rotatable bonds is 2. The van der Waals surface area contributed by atoms with Crippen LogP contribution in [0.2, 0.25) is 0 Å². The number of benzene rings is 2. The van der Waals surface area contributed by atoms with E-state index < -0.39 is 11.9 Å². The molecule has 0 aromatic heterocycles. The van der Waals surface area contributed by atoms with Gasteiger partial charge in [-0.25, -0.2) is 0 Å². The summed E-state index contributed by atoms with van der Waals surface area (Å²) in [4.78, 5) is 20.3. The van der Waals surface area contributed by atoms with Gasteiger partial charge in [-0.2, -0.15) is 0 Å². The number of carboxylic acid groups (broad SMARTS) is 2. The minimum Gasteiger partial charge on any atom is -0.545 e. The Labute approximate surface area is 171 Å². The van der Waals surface area contributed by atoms with Gasteiger partial charge in [0.2, 0.25) is 0 Å². The Bertz CT molecular complexity index is 575. The van der Waals surface area contributed by atoms with Crippen LogP contribution < -0.4 is 69.3 Å². The molecule has 2 N–H and O–H groups in total. The molecule has 2 aromatic carbocycles. The average Bonchev–Trinajstić information content (AvgIpc) is 2.39. The van der Waals surface area contributed by atoms with Crippen LogP contribution in [0.3, 0.4) is 0 Å². The molecule has 8 heteroatoms. The summed E-state index contributed by atoms with van der Waals surface area (Å²) in [5, 5.41) is 37.8. The van der Waals surface area contributed by atoms with Crippen LogP contribution in [0.1, 0.15) is 20.7 Å². The first-order chi connectivity index (χ1) is 9.40. The molecule has 0 radical (unpaired) electrons. The van der Waals surface area contributed by atoms with E-state index in [1.807, 2.05) is 0 Å². The van der Waals surface area contributed by atoms with E-state index in [2.05, 4.69) is 0 Å². The maximum Gasteiger partial charge on any atom is 1.00 e. The van der Waals surface area contributed by atoms with E-state index in [0.717, 1.165) is 12.1 Å². The molecule has 0 amide bonds. The Morgan fingerprint density at radius 1 is 0.727 bits per heavy atom. The number of hydrogen-bond donors (Lipinski definition) is 2. The van der Waals surface area contributed by atoms with Crippen molar-refractivity contribution in [2.45, 2.75) is 0 Å². The van der Waals surface area contributed by atoms with E-state index in [-0.39, 0.29) is 81.7 Å². The molecule has 0 aliphatic carbocycles. The maximum atomic E-state index is 10.1. The van der Waals surface area contributed by atoms with Crippen LogP contribution in [0.15, 0.2) is 48.5 Å². The average molecular weight is 320 g/mol. The summed E-state index contributed by atoms with van der Waals surface area (Å²) in [5.41, 5.74) is -0.0278. The van der Waals surface area contributed by atoms with Gasteiger partial charge in [0, 0.05) is 11.1 Å². The molecule has 22 heavy (non-hydrogen) atoms. The Morgan fingerprint density at radius 3 is 1.23 bits per heavy atom. The van der Waals surface area contributed by atoms with Crippen molar-refractivity contribution in [1.82, 2.24) is 0 Å². The van der Waals surface area contributed by atoms with Gasteiger partial charge in [0.1, 0.15) is 11.5 Å². The Kier molecular flexibility index (Phi) is 12.2. The zero-order valence-electron chi connectivity index (χ0n) is 12.1. The van der Waals surface area contributed by atoms with Crippen molar-refractivity contribution in [2.24, 2.45) is 0 Å². The van der Waals surface area contributed by atoms with Gasteiger partial charge in [-0.15, -0.1) is 0 Å². The standard InChI is InChI=1S/2C7H6O3.2Na/c2*8-6-3-1-2-5(4-6)7(9)10;;/h2*1-4,8H,(H,9,10);;/q;;2*+1/p-2. The largest absolute Gasteiger partial charge is 1.00 e. The summed E-state index contributed by atoms with van der Waals surface area (Å²) >= 11 is 0. The van der Waals surface area contributed by atoms with Gasteiger partial charge < -0.3 is 30.0 Å². The molecule has 0 aliphatic rings. The van der Waals surface area contributed by atoms with Crippen molar-refractivity contribution in [3.8, 4) is 11.5 Å². The molecular weight excluding hydrogens is 310 g/mol. The molecule has 104 valence electrons. The minimum absolute atomic E-state index is 0. The topological polar surface area (TPSA) is 121 Å². The molecule has 6 nitrogen and oxygen atoms in total. The fraction of sp³-hybridized carbons (Fsp3) is 0. The second kappa shape index (κ2) is 11.5. The predicted octanol–water partition coefficient (Wildman–Crippen LogP) is -6.48. The second-order valence-corrected chi connectivity index (χ2v) is 3.68. The molecule has 0 atom stereocenters. The molecule has 0 unspecified atom stereocenters. The van der Waals surface area contributed by atoms with Crippen LogP contribution in [0, 0.1) is 0 Å². The number of carbonyl (C=O) groups excluding carboxylic acids is 2. The van der Waals surface area contributed by atoms with Crippen molar-refractivity contribution in [1.29, 1.82) is 0 Å². The maximum absolute atomic E-state index is 10.1. The first-order valence-corrected chi connectivity index (χ1v) is 5.41. The van der Waals surface area contributed by atoms with Crippen LogP contribution in [-0.4, -0.2) is 22.2 Å². The summed E-state index contributed by atoms with van der Waals surface area (Å²) in [7, 11) is 0. The molecule has 0 heterocycles. The number of carboxylic acids is 2. The molecule has 2 aromatic rings. The van der Waals surface area contributed by atoms with Crippen molar-refractivity contribution in [2.75, 3.05) is 0 Å². The first kappa shape index (κ1) is 23.2. The van der Waals surface area contributed by atoms with Crippen LogP contribution in [0.5, 0.6) is 11.5 Å². The molecule has 0 spiro atoms. The number of phenols is 2. The molecule has 0 fully saturated rings. The van der Waals surface area contributed by atoms with Gasteiger partial charge in [0.25, 0.3) is 0 Å². The van der Waals surface area contributed by atoms with Crippen LogP contribution >= 0.6 is 0 Å². The summed E-state index contributed by atoms with van der Waals surface area (Å²) < 4.78 is 0. The smallest absolute Gasteiger partial charge is 0.545 e. The van der Waals surface area contributed by atoms with Crippen molar-refractivity contribution in [3.05, 3.63) is 59.7 Å². The first-order valence-electron chi connectivity index (χ1n) is 5.41. The van der Waals surface area contributed by atoms with Crippen LogP contribution in [0.25, 0.3) is 0 Å².